The van der Waals surface area contributed by atoms with Gasteiger partial charge >= 0.3 is 5.97 Å². The predicted octanol–water partition coefficient (Wildman–Crippen LogP) is 1.35. The average Bonchev–Trinajstić information content (AvgIpc) is 3.46. The van der Waals surface area contributed by atoms with Gasteiger partial charge in [0.25, 0.3) is 0 Å². The maximum absolute atomic E-state index is 13.5. The molecule has 1 aromatic heterocycles. The van der Waals surface area contributed by atoms with Gasteiger partial charge in [-0.25, -0.2) is 9.78 Å². The average molecular weight is 563 g/mol. The van der Waals surface area contributed by atoms with Crippen LogP contribution in [-0.4, -0.2) is 62.9 Å². The summed E-state index contributed by atoms with van der Waals surface area (Å²) in [6, 6.07) is 14.1. The summed E-state index contributed by atoms with van der Waals surface area (Å²) in [5.41, 5.74) is 8.33. The monoisotopic (exact) mass is 562 g/mol. The topological polar surface area (TPSA) is 179 Å². The Morgan fingerprint density at radius 2 is 1.32 bits per heavy atom. The summed E-state index contributed by atoms with van der Waals surface area (Å²) in [6.45, 7) is 3.82. The standard InChI is InChI=1S/C30H38N6O5/c1-19(2)13-24(34-27(37)23(31)14-20-9-5-3-6-10-20)28(38)35-25(16-22-17-32-18-33-22)29(39)36-26(30(40)41)15-21-11-7-4-8-12-21/h3-12,17-19,23-26H,13-16,31H2,1-2H3,(H,32,33)(H,34,37)(H,35,38)(H,36,39)(H,40,41). The first-order valence-electron chi connectivity index (χ1n) is 13.6. The molecule has 4 unspecified atom stereocenters. The Balaban J connectivity index is 1.73. The van der Waals surface area contributed by atoms with Crippen LogP contribution in [0.15, 0.2) is 73.2 Å². The molecule has 0 bridgehead atoms. The van der Waals surface area contributed by atoms with Crippen LogP contribution in [0.5, 0.6) is 0 Å². The highest BCUT2D eigenvalue weighted by Gasteiger charge is 2.31. The number of imidazole rings is 1. The number of aromatic nitrogens is 2. The van der Waals surface area contributed by atoms with Crippen LogP contribution < -0.4 is 21.7 Å². The van der Waals surface area contributed by atoms with Crippen LogP contribution in [0.4, 0.5) is 0 Å². The molecule has 41 heavy (non-hydrogen) atoms. The van der Waals surface area contributed by atoms with Crippen molar-refractivity contribution in [2.45, 2.75) is 63.7 Å². The summed E-state index contributed by atoms with van der Waals surface area (Å²) in [4.78, 5) is 58.6. The molecular weight excluding hydrogens is 524 g/mol. The van der Waals surface area contributed by atoms with Crippen molar-refractivity contribution in [1.82, 2.24) is 25.9 Å². The third kappa shape index (κ3) is 10.2. The van der Waals surface area contributed by atoms with Gasteiger partial charge in [-0.2, -0.15) is 0 Å². The number of nitrogens with zero attached hydrogens (tertiary/aromatic N) is 1. The molecule has 4 atom stereocenters. The van der Waals surface area contributed by atoms with Crippen LogP contribution >= 0.6 is 0 Å². The third-order valence-electron chi connectivity index (χ3n) is 6.48. The van der Waals surface area contributed by atoms with E-state index in [1.165, 1.54) is 12.5 Å². The second kappa shape index (κ2) is 15.3. The number of rotatable bonds is 15. The molecule has 1 heterocycles. The summed E-state index contributed by atoms with van der Waals surface area (Å²) in [6.07, 6.45) is 3.66. The zero-order chi connectivity index (χ0) is 29.8. The zero-order valence-electron chi connectivity index (χ0n) is 23.2. The largest absolute Gasteiger partial charge is 0.480 e. The number of hydrogen-bond donors (Lipinski definition) is 6. The number of benzene rings is 2. The van der Waals surface area contributed by atoms with Crippen molar-refractivity contribution in [2.75, 3.05) is 0 Å². The molecule has 0 spiro atoms. The highest BCUT2D eigenvalue weighted by Crippen LogP contribution is 2.10. The summed E-state index contributed by atoms with van der Waals surface area (Å²) in [7, 11) is 0. The molecule has 11 nitrogen and oxygen atoms in total. The lowest BCUT2D eigenvalue weighted by molar-refractivity contribution is -0.142. The highest BCUT2D eigenvalue weighted by atomic mass is 16.4. The van der Waals surface area contributed by atoms with Crippen molar-refractivity contribution in [3.8, 4) is 0 Å². The van der Waals surface area contributed by atoms with E-state index in [4.69, 9.17) is 5.73 Å². The van der Waals surface area contributed by atoms with Crippen molar-refractivity contribution >= 4 is 23.7 Å². The van der Waals surface area contributed by atoms with E-state index < -0.39 is 47.9 Å². The molecule has 3 aromatic rings. The van der Waals surface area contributed by atoms with Gasteiger partial charge < -0.3 is 31.8 Å². The molecule has 0 fully saturated rings. The molecule has 0 saturated heterocycles. The second-order valence-electron chi connectivity index (χ2n) is 10.4. The van der Waals surface area contributed by atoms with Crippen molar-refractivity contribution in [3.63, 3.8) is 0 Å². The van der Waals surface area contributed by atoms with Gasteiger partial charge in [0, 0.05) is 24.7 Å². The number of aliphatic carboxylic acids is 1. The molecule has 0 aliphatic carbocycles. The van der Waals surface area contributed by atoms with Gasteiger partial charge in [0.1, 0.15) is 18.1 Å². The van der Waals surface area contributed by atoms with E-state index in [0.717, 1.165) is 11.1 Å². The Morgan fingerprint density at radius 1 is 0.780 bits per heavy atom. The van der Waals surface area contributed by atoms with Crippen LogP contribution in [0.3, 0.4) is 0 Å². The molecule has 0 radical (unpaired) electrons. The maximum Gasteiger partial charge on any atom is 0.326 e. The molecule has 0 aliphatic rings. The van der Waals surface area contributed by atoms with E-state index in [-0.39, 0.29) is 18.8 Å². The minimum Gasteiger partial charge on any atom is -0.480 e. The van der Waals surface area contributed by atoms with Gasteiger partial charge in [0.05, 0.1) is 12.4 Å². The van der Waals surface area contributed by atoms with Crippen molar-refractivity contribution < 1.29 is 24.3 Å². The highest BCUT2D eigenvalue weighted by molar-refractivity contribution is 5.94. The summed E-state index contributed by atoms with van der Waals surface area (Å²) < 4.78 is 0. The van der Waals surface area contributed by atoms with Gasteiger partial charge in [0.15, 0.2) is 0 Å². The normalized spacial score (nSPS) is 14.0. The van der Waals surface area contributed by atoms with E-state index >= 15 is 0 Å². The number of carboxylic acids is 1. The first-order chi connectivity index (χ1) is 19.6. The van der Waals surface area contributed by atoms with Crippen LogP contribution in [0.25, 0.3) is 0 Å². The third-order valence-corrected chi connectivity index (χ3v) is 6.48. The fourth-order valence-electron chi connectivity index (χ4n) is 4.36. The minimum atomic E-state index is -1.21. The molecule has 3 amide bonds. The molecule has 218 valence electrons. The number of carbonyl (C=O) groups excluding carboxylic acids is 3. The number of H-pyrrole nitrogens is 1. The first kappa shape index (κ1) is 31.0. The molecular formula is C30H38N6O5. The van der Waals surface area contributed by atoms with Gasteiger partial charge in [-0.1, -0.05) is 74.5 Å². The van der Waals surface area contributed by atoms with Crippen molar-refractivity contribution in [3.05, 3.63) is 90.0 Å². The lowest BCUT2D eigenvalue weighted by atomic mass is 10.0. The second-order valence-corrected chi connectivity index (χ2v) is 10.4. The fraction of sp³-hybridized carbons (Fsp3) is 0.367. The number of carbonyl (C=O) groups is 4. The van der Waals surface area contributed by atoms with Gasteiger partial charge in [-0.15, -0.1) is 0 Å². The number of aromatic amines is 1. The Kier molecular flexibility index (Phi) is 11.6. The SMILES string of the molecule is CC(C)CC(NC(=O)C(N)Cc1ccccc1)C(=O)NC(Cc1cnc[nH]1)C(=O)NC(Cc1ccccc1)C(=O)O. The lowest BCUT2D eigenvalue weighted by Gasteiger charge is -2.26. The van der Waals surface area contributed by atoms with E-state index in [1.54, 1.807) is 24.3 Å². The summed E-state index contributed by atoms with van der Waals surface area (Å²) >= 11 is 0. The summed E-state index contributed by atoms with van der Waals surface area (Å²) in [5, 5.41) is 17.8. The molecule has 3 rings (SSSR count). The van der Waals surface area contributed by atoms with Crippen molar-refractivity contribution in [1.29, 1.82) is 0 Å². The fourth-order valence-corrected chi connectivity index (χ4v) is 4.36. The number of nitrogens with one attached hydrogen (secondary N) is 4. The molecule has 11 heteroatoms. The Bertz CT molecular complexity index is 1270. The van der Waals surface area contributed by atoms with Crippen LogP contribution in [0.1, 0.15) is 37.1 Å². The van der Waals surface area contributed by atoms with Gasteiger partial charge in [-0.05, 0) is 29.9 Å². The van der Waals surface area contributed by atoms with E-state index in [9.17, 15) is 24.3 Å². The molecule has 2 aromatic carbocycles. The predicted molar refractivity (Wildman–Crippen MR) is 153 cm³/mol. The maximum atomic E-state index is 13.5. The Morgan fingerprint density at radius 3 is 1.85 bits per heavy atom. The number of hydrogen-bond acceptors (Lipinski definition) is 6. The number of nitrogens with two attached hydrogens (primary N) is 1. The Hall–Kier alpha value is -4.51. The quantitative estimate of drug-likeness (QED) is 0.162. The summed E-state index contributed by atoms with van der Waals surface area (Å²) in [5.74, 6) is -2.90. The van der Waals surface area contributed by atoms with Crippen LogP contribution in [0, 0.1) is 5.92 Å². The Labute approximate surface area is 239 Å². The minimum absolute atomic E-state index is 0.0329. The smallest absolute Gasteiger partial charge is 0.326 e. The molecule has 7 N–H and O–H groups in total. The zero-order valence-corrected chi connectivity index (χ0v) is 23.2. The first-order valence-corrected chi connectivity index (χ1v) is 13.6. The lowest BCUT2D eigenvalue weighted by Crippen LogP contribution is -2.58. The van der Waals surface area contributed by atoms with Crippen molar-refractivity contribution in [2.24, 2.45) is 11.7 Å². The van der Waals surface area contributed by atoms with Crippen LogP contribution in [-0.2, 0) is 38.4 Å². The number of amides is 3. The van der Waals surface area contributed by atoms with Gasteiger partial charge in [-0.3, -0.25) is 14.4 Å². The van der Waals surface area contributed by atoms with E-state index in [2.05, 4.69) is 25.9 Å². The number of carboxylic acid groups (broad SMARTS) is 1. The molecule has 0 aliphatic heterocycles. The molecule has 0 saturated carbocycles. The van der Waals surface area contributed by atoms with Crippen LogP contribution in [0.2, 0.25) is 0 Å². The van der Waals surface area contributed by atoms with E-state index in [1.807, 2.05) is 50.2 Å². The van der Waals surface area contributed by atoms with E-state index in [0.29, 0.717) is 18.5 Å². The van der Waals surface area contributed by atoms with Gasteiger partial charge in [0.2, 0.25) is 17.7 Å².